The predicted molar refractivity (Wildman–Crippen MR) is 84.6 cm³/mol. The number of hydrogen-bond donors (Lipinski definition) is 1. The molecule has 2 rings (SSSR count). The third-order valence-corrected chi connectivity index (χ3v) is 3.73. The number of halogens is 1. The number of alkyl halides is 1. The molecule has 2 aromatic carbocycles. The fourth-order valence-corrected chi connectivity index (χ4v) is 2.26. The topological polar surface area (TPSA) is 38.3 Å². The van der Waals surface area contributed by atoms with Crippen LogP contribution in [0, 0.1) is 0 Å². The monoisotopic (exact) mass is 303 g/mol. The zero-order valence-corrected chi connectivity index (χ0v) is 12.8. The Kier molecular flexibility index (Phi) is 5.23. The number of benzene rings is 2. The first-order chi connectivity index (χ1) is 10.1. The van der Waals surface area contributed by atoms with Crippen molar-refractivity contribution < 1.29 is 9.53 Å². The molecule has 1 amide bonds. The maximum Gasteiger partial charge on any atom is 0.243 e. The molecule has 0 aromatic heterocycles. The second-order valence-corrected chi connectivity index (χ2v) is 5.22. The lowest BCUT2D eigenvalue weighted by Crippen LogP contribution is -2.29. The van der Waals surface area contributed by atoms with Gasteiger partial charge in [-0.15, -0.1) is 11.6 Å². The van der Waals surface area contributed by atoms with E-state index in [1.54, 1.807) is 7.11 Å². The van der Waals surface area contributed by atoms with Crippen LogP contribution in [0.15, 0.2) is 54.6 Å². The fourth-order valence-electron chi connectivity index (χ4n) is 2.05. The fraction of sp³-hybridized carbons (Fsp3) is 0.235. The van der Waals surface area contributed by atoms with Gasteiger partial charge in [0, 0.05) is 0 Å². The molecular formula is C17H18ClNO2. The van der Waals surface area contributed by atoms with E-state index in [9.17, 15) is 4.79 Å². The van der Waals surface area contributed by atoms with Gasteiger partial charge in [-0.25, -0.2) is 0 Å². The van der Waals surface area contributed by atoms with Crippen LogP contribution in [-0.4, -0.2) is 13.0 Å². The highest BCUT2D eigenvalue weighted by molar-refractivity contribution is 6.30. The van der Waals surface area contributed by atoms with Gasteiger partial charge in [-0.05, 0) is 30.2 Å². The molecule has 0 spiro atoms. The molecule has 110 valence electrons. The summed E-state index contributed by atoms with van der Waals surface area (Å²) in [5, 5.41) is 2.22. The van der Waals surface area contributed by atoms with E-state index in [0.29, 0.717) is 0 Å². The van der Waals surface area contributed by atoms with E-state index in [-0.39, 0.29) is 11.9 Å². The highest BCUT2D eigenvalue weighted by Crippen LogP contribution is 2.23. The number of rotatable bonds is 5. The first-order valence-electron chi connectivity index (χ1n) is 6.75. The van der Waals surface area contributed by atoms with Crippen molar-refractivity contribution >= 4 is 17.5 Å². The van der Waals surface area contributed by atoms with Gasteiger partial charge < -0.3 is 10.1 Å². The first-order valence-corrected chi connectivity index (χ1v) is 7.19. The summed E-state index contributed by atoms with van der Waals surface area (Å²) < 4.78 is 5.19. The van der Waals surface area contributed by atoms with Gasteiger partial charge in [0.2, 0.25) is 5.91 Å². The highest BCUT2D eigenvalue weighted by Gasteiger charge is 2.19. The van der Waals surface area contributed by atoms with E-state index in [2.05, 4.69) is 5.32 Å². The maximum atomic E-state index is 12.2. The van der Waals surface area contributed by atoms with E-state index in [4.69, 9.17) is 16.3 Å². The Morgan fingerprint density at radius 3 is 2.43 bits per heavy atom. The van der Waals surface area contributed by atoms with Crippen LogP contribution < -0.4 is 10.1 Å². The minimum absolute atomic E-state index is 0.141. The van der Waals surface area contributed by atoms with E-state index in [1.165, 1.54) is 0 Å². The molecule has 21 heavy (non-hydrogen) atoms. The van der Waals surface area contributed by atoms with Gasteiger partial charge in [0.25, 0.3) is 0 Å². The predicted octanol–water partition coefficient (Wildman–Crippen LogP) is 3.85. The Labute approximate surface area is 129 Å². The van der Waals surface area contributed by atoms with Crippen LogP contribution in [0.5, 0.6) is 5.75 Å². The summed E-state index contributed by atoms with van der Waals surface area (Å²) in [6, 6.07) is 16.8. The van der Waals surface area contributed by atoms with Crippen molar-refractivity contribution in [1.29, 1.82) is 0 Å². The lowest BCUT2D eigenvalue weighted by atomic mass is 10.1. The molecule has 0 saturated carbocycles. The quantitative estimate of drug-likeness (QED) is 0.852. The Hall–Kier alpha value is -2.00. The minimum atomic E-state index is -0.695. The Bertz CT molecular complexity index is 601. The van der Waals surface area contributed by atoms with Gasteiger partial charge >= 0.3 is 0 Å². The van der Waals surface area contributed by atoms with Crippen LogP contribution in [-0.2, 0) is 4.79 Å². The third-order valence-electron chi connectivity index (χ3n) is 3.27. The standard InChI is InChI=1S/C17H18ClNO2/c1-12(14-9-6-10-15(11-14)21-2)19-17(20)16(18)13-7-4-3-5-8-13/h3-12,16H,1-2H3,(H,19,20)/t12-,16?/m1/s1. The normalized spacial score (nSPS) is 13.3. The second-order valence-electron chi connectivity index (χ2n) is 4.78. The molecule has 0 aliphatic carbocycles. The summed E-state index contributed by atoms with van der Waals surface area (Å²) in [4.78, 5) is 12.2. The molecule has 0 aliphatic heterocycles. The van der Waals surface area contributed by atoms with Gasteiger partial charge in [-0.3, -0.25) is 4.79 Å². The van der Waals surface area contributed by atoms with Crippen molar-refractivity contribution in [3.05, 3.63) is 65.7 Å². The maximum absolute atomic E-state index is 12.2. The number of hydrogen-bond acceptors (Lipinski definition) is 2. The molecule has 2 atom stereocenters. The molecule has 0 heterocycles. The van der Waals surface area contributed by atoms with E-state index in [1.807, 2.05) is 61.5 Å². The van der Waals surface area contributed by atoms with Crippen LogP contribution in [0.3, 0.4) is 0 Å². The Morgan fingerprint density at radius 1 is 1.10 bits per heavy atom. The molecule has 0 bridgehead atoms. The van der Waals surface area contributed by atoms with Gasteiger partial charge in [0.05, 0.1) is 13.2 Å². The smallest absolute Gasteiger partial charge is 0.243 e. The van der Waals surface area contributed by atoms with E-state index in [0.717, 1.165) is 16.9 Å². The number of carbonyl (C=O) groups is 1. The van der Waals surface area contributed by atoms with Crippen LogP contribution in [0.1, 0.15) is 29.5 Å². The highest BCUT2D eigenvalue weighted by atomic mass is 35.5. The summed E-state index contributed by atoms with van der Waals surface area (Å²) in [6.07, 6.45) is 0. The SMILES string of the molecule is COc1cccc([C@@H](C)NC(=O)C(Cl)c2ccccc2)c1. The zero-order chi connectivity index (χ0) is 15.2. The second kappa shape index (κ2) is 7.14. The average Bonchev–Trinajstić information content (AvgIpc) is 2.54. The Morgan fingerprint density at radius 2 is 1.76 bits per heavy atom. The number of amides is 1. The molecular weight excluding hydrogens is 286 g/mol. The number of ether oxygens (including phenoxy) is 1. The summed E-state index contributed by atoms with van der Waals surface area (Å²) in [5.74, 6) is 0.553. The lowest BCUT2D eigenvalue weighted by Gasteiger charge is -2.17. The van der Waals surface area contributed by atoms with Crippen LogP contribution in [0.2, 0.25) is 0 Å². The number of methoxy groups -OCH3 is 1. The molecule has 4 heteroatoms. The van der Waals surface area contributed by atoms with Gasteiger partial charge in [-0.1, -0.05) is 42.5 Å². The van der Waals surface area contributed by atoms with Crippen molar-refractivity contribution in [2.75, 3.05) is 7.11 Å². The molecule has 2 aromatic rings. The minimum Gasteiger partial charge on any atom is -0.497 e. The van der Waals surface area contributed by atoms with E-state index >= 15 is 0 Å². The number of nitrogens with one attached hydrogen (secondary N) is 1. The van der Waals surface area contributed by atoms with Crippen molar-refractivity contribution in [2.24, 2.45) is 0 Å². The summed E-state index contributed by atoms with van der Waals surface area (Å²) in [7, 11) is 1.62. The molecule has 3 nitrogen and oxygen atoms in total. The first kappa shape index (κ1) is 15.4. The molecule has 0 fully saturated rings. The molecule has 1 unspecified atom stereocenters. The van der Waals surface area contributed by atoms with Crippen molar-refractivity contribution in [3.8, 4) is 5.75 Å². The van der Waals surface area contributed by atoms with Gasteiger partial charge in [0.15, 0.2) is 0 Å². The molecule has 1 N–H and O–H groups in total. The molecule has 0 aliphatic rings. The van der Waals surface area contributed by atoms with Crippen LogP contribution in [0.25, 0.3) is 0 Å². The van der Waals surface area contributed by atoms with Gasteiger partial charge in [0.1, 0.15) is 11.1 Å². The van der Waals surface area contributed by atoms with Crippen LogP contribution >= 0.6 is 11.6 Å². The largest absolute Gasteiger partial charge is 0.497 e. The third kappa shape index (κ3) is 3.99. The molecule has 0 radical (unpaired) electrons. The van der Waals surface area contributed by atoms with Crippen LogP contribution in [0.4, 0.5) is 0 Å². The van der Waals surface area contributed by atoms with E-state index < -0.39 is 5.38 Å². The summed E-state index contributed by atoms with van der Waals surface area (Å²) in [5.41, 5.74) is 1.76. The summed E-state index contributed by atoms with van der Waals surface area (Å²) >= 11 is 6.21. The lowest BCUT2D eigenvalue weighted by molar-refractivity contribution is -0.121. The van der Waals surface area contributed by atoms with Gasteiger partial charge in [-0.2, -0.15) is 0 Å². The van der Waals surface area contributed by atoms with Crippen molar-refractivity contribution in [1.82, 2.24) is 5.32 Å². The molecule has 0 saturated heterocycles. The summed E-state index contributed by atoms with van der Waals surface area (Å²) in [6.45, 7) is 1.92. The Balaban J connectivity index is 2.04. The number of carbonyl (C=O) groups excluding carboxylic acids is 1. The zero-order valence-electron chi connectivity index (χ0n) is 12.0. The average molecular weight is 304 g/mol. The van der Waals surface area contributed by atoms with Crippen molar-refractivity contribution in [2.45, 2.75) is 18.3 Å². The van der Waals surface area contributed by atoms with Crippen molar-refractivity contribution in [3.63, 3.8) is 0 Å².